The van der Waals surface area contributed by atoms with Crippen LogP contribution in [-0.4, -0.2) is 32.5 Å². The molecule has 0 unspecified atom stereocenters. The van der Waals surface area contributed by atoms with Crippen molar-refractivity contribution in [1.82, 2.24) is 0 Å². The summed E-state index contributed by atoms with van der Waals surface area (Å²) in [6.45, 7) is 5.22. The quantitative estimate of drug-likeness (QED) is 0.307. The fourth-order valence-electron chi connectivity index (χ4n) is 4.46. The maximum absolute atomic E-state index is 12.3. The van der Waals surface area contributed by atoms with Gasteiger partial charge < -0.3 is 4.90 Å². The molecule has 0 bridgehead atoms. The van der Waals surface area contributed by atoms with Crippen LogP contribution in [0.25, 0.3) is 5.57 Å². The summed E-state index contributed by atoms with van der Waals surface area (Å²) in [6, 6.07) is 20.2. The van der Waals surface area contributed by atoms with Crippen molar-refractivity contribution in [3.8, 4) is 0 Å². The predicted octanol–water partition coefficient (Wildman–Crippen LogP) is 6.00. The molecule has 0 atom stereocenters. The molecule has 0 heterocycles. The molecule has 1 aliphatic rings. The minimum absolute atomic E-state index is 0.156. The third-order valence-electron chi connectivity index (χ3n) is 6.46. The average molecular weight is 564 g/mol. The lowest BCUT2D eigenvalue weighted by Gasteiger charge is -2.24. The number of hydrogen-bond donors (Lipinski definition) is 2. The van der Waals surface area contributed by atoms with Gasteiger partial charge in [0.2, 0.25) is 0 Å². The summed E-state index contributed by atoms with van der Waals surface area (Å²) in [5, 5.41) is 0. The second-order valence-electron chi connectivity index (χ2n) is 8.98. The Hall–Kier alpha value is -3.50. The van der Waals surface area contributed by atoms with Gasteiger partial charge in [-0.05, 0) is 65.9 Å². The monoisotopic (exact) mass is 563 g/mol. The average Bonchev–Trinajstić information content (AvgIpc) is 2.92. The summed E-state index contributed by atoms with van der Waals surface area (Å²) in [5.74, 6) is 0. The summed E-state index contributed by atoms with van der Waals surface area (Å²) >= 11 is 0. The van der Waals surface area contributed by atoms with Crippen LogP contribution in [0.2, 0.25) is 0 Å². The molecule has 0 amide bonds. The van der Waals surface area contributed by atoms with E-state index in [1.807, 2.05) is 56.3 Å². The largest absolute Gasteiger partial charge is 0.367 e. The first-order valence-electron chi connectivity index (χ1n) is 12.4. The molecule has 7 nitrogen and oxygen atoms in total. The molecule has 0 spiro atoms. The van der Waals surface area contributed by atoms with Gasteiger partial charge in [0.15, 0.2) is 0 Å². The minimum Gasteiger partial charge on any atom is -0.367 e. The Morgan fingerprint density at radius 3 is 2.10 bits per heavy atom. The Bertz CT molecular complexity index is 1650. The molecular weight excluding hydrogens is 534 g/mol. The standard InChI is InChI=1S/C30H29NO6S2/c1-3-22-8-7-9-25(20-22)30(28-10-5-6-11-29(28)39(35,36)37)24-14-16-26(17-15-24)31(4-2)21-23-12-18-27(19-13-23)38(32,33)34/h5-7,9-20H,3-4,21H2,1-2H3,(H,32,33,34)(H,35,36,37). The van der Waals surface area contributed by atoms with E-state index in [0.717, 1.165) is 34.4 Å². The zero-order valence-electron chi connectivity index (χ0n) is 21.6. The van der Waals surface area contributed by atoms with E-state index in [4.69, 9.17) is 0 Å². The van der Waals surface area contributed by atoms with Crippen molar-refractivity contribution in [3.63, 3.8) is 0 Å². The van der Waals surface area contributed by atoms with Crippen LogP contribution in [0.5, 0.6) is 0 Å². The van der Waals surface area contributed by atoms with Gasteiger partial charge in [0.25, 0.3) is 20.2 Å². The molecule has 4 rings (SSSR count). The van der Waals surface area contributed by atoms with Crippen LogP contribution in [0.1, 0.15) is 37.0 Å². The van der Waals surface area contributed by atoms with Crippen LogP contribution in [0.15, 0.2) is 112 Å². The van der Waals surface area contributed by atoms with Gasteiger partial charge in [-0.25, -0.2) is 0 Å². The molecular formula is C30H29NO6S2. The van der Waals surface area contributed by atoms with Crippen molar-refractivity contribution in [3.05, 3.63) is 125 Å². The lowest BCUT2D eigenvalue weighted by molar-refractivity contribution is 0.480. The van der Waals surface area contributed by atoms with E-state index in [-0.39, 0.29) is 9.79 Å². The second-order valence-corrected chi connectivity index (χ2v) is 11.8. The molecule has 9 heteroatoms. The van der Waals surface area contributed by atoms with Crippen molar-refractivity contribution < 1.29 is 25.9 Å². The van der Waals surface area contributed by atoms with E-state index in [9.17, 15) is 25.9 Å². The number of rotatable bonds is 9. The summed E-state index contributed by atoms with van der Waals surface area (Å²) in [4.78, 5) is 1.78. The SMILES string of the molecule is CCC1=CC(=C(c2ccc(N(CC)Cc3ccc(S(=O)(=O)O)cc3)cc2)c2ccccc2S(=O)(=O)O)C=C[C]1. The van der Waals surface area contributed by atoms with Crippen LogP contribution < -0.4 is 4.90 Å². The molecule has 1 aliphatic carbocycles. The molecule has 0 saturated carbocycles. The molecule has 2 N–H and O–H groups in total. The topological polar surface area (TPSA) is 112 Å². The first-order chi connectivity index (χ1) is 18.5. The van der Waals surface area contributed by atoms with E-state index in [2.05, 4.69) is 11.3 Å². The highest BCUT2D eigenvalue weighted by Crippen LogP contribution is 2.35. The molecule has 0 saturated heterocycles. The molecule has 202 valence electrons. The number of anilines is 1. The molecule has 3 aromatic rings. The van der Waals surface area contributed by atoms with Crippen molar-refractivity contribution >= 4 is 31.5 Å². The summed E-state index contributed by atoms with van der Waals surface area (Å²) < 4.78 is 66.4. The highest BCUT2D eigenvalue weighted by Gasteiger charge is 2.21. The third-order valence-corrected chi connectivity index (χ3v) is 8.24. The Labute approximate surface area is 230 Å². The van der Waals surface area contributed by atoms with Gasteiger partial charge in [0, 0.05) is 30.8 Å². The van der Waals surface area contributed by atoms with E-state index >= 15 is 0 Å². The van der Waals surface area contributed by atoms with Crippen LogP contribution in [0.3, 0.4) is 0 Å². The number of allylic oxidation sites excluding steroid dienone is 5. The number of hydrogen-bond acceptors (Lipinski definition) is 5. The first kappa shape index (κ1) is 28.5. The maximum atomic E-state index is 12.3. The van der Waals surface area contributed by atoms with Gasteiger partial charge in [-0.2, -0.15) is 16.8 Å². The Kier molecular flexibility index (Phi) is 8.56. The lowest BCUT2D eigenvalue weighted by Crippen LogP contribution is -2.22. The molecule has 3 aromatic carbocycles. The number of nitrogens with zero attached hydrogens (tertiary/aromatic N) is 1. The van der Waals surface area contributed by atoms with E-state index in [1.165, 1.54) is 18.2 Å². The molecule has 0 aromatic heterocycles. The predicted molar refractivity (Wildman–Crippen MR) is 152 cm³/mol. The van der Waals surface area contributed by atoms with E-state index < -0.39 is 20.2 Å². The van der Waals surface area contributed by atoms with Gasteiger partial charge in [0.05, 0.1) is 4.90 Å². The highest BCUT2D eigenvalue weighted by atomic mass is 32.2. The fourth-order valence-corrected chi connectivity index (χ4v) is 5.64. The van der Waals surface area contributed by atoms with Gasteiger partial charge in [0.1, 0.15) is 4.90 Å². The molecule has 0 aliphatic heterocycles. The summed E-state index contributed by atoms with van der Waals surface area (Å²) in [7, 11) is -8.73. The van der Waals surface area contributed by atoms with Crippen LogP contribution in [-0.2, 0) is 26.8 Å². The van der Waals surface area contributed by atoms with Crippen LogP contribution in [0, 0.1) is 6.42 Å². The van der Waals surface area contributed by atoms with Gasteiger partial charge in [-0.15, -0.1) is 0 Å². The lowest BCUT2D eigenvalue weighted by atomic mass is 9.88. The van der Waals surface area contributed by atoms with Crippen LogP contribution in [0.4, 0.5) is 5.69 Å². The first-order valence-corrected chi connectivity index (χ1v) is 15.3. The Morgan fingerprint density at radius 2 is 1.51 bits per heavy atom. The summed E-state index contributed by atoms with van der Waals surface area (Å²) in [6.07, 6.45) is 9.61. The summed E-state index contributed by atoms with van der Waals surface area (Å²) in [5.41, 5.74) is 5.41. The van der Waals surface area contributed by atoms with E-state index in [0.29, 0.717) is 24.2 Å². The van der Waals surface area contributed by atoms with Gasteiger partial charge >= 0.3 is 0 Å². The number of benzene rings is 3. The Balaban J connectivity index is 1.74. The van der Waals surface area contributed by atoms with Crippen molar-refractivity contribution in [2.45, 2.75) is 36.6 Å². The zero-order chi connectivity index (χ0) is 28.2. The third kappa shape index (κ3) is 6.75. The highest BCUT2D eigenvalue weighted by molar-refractivity contribution is 7.86. The van der Waals surface area contributed by atoms with Crippen molar-refractivity contribution in [2.24, 2.45) is 0 Å². The van der Waals surface area contributed by atoms with Gasteiger partial charge in [-0.1, -0.05) is 73.2 Å². The zero-order valence-corrected chi connectivity index (χ0v) is 23.2. The van der Waals surface area contributed by atoms with E-state index in [1.54, 1.807) is 30.3 Å². The Morgan fingerprint density at radius 1 is 0.846 bits per heavy atom. The fraction of sp³-hybridized carbons (Fsp3) is 0.167. The second kappa shape index (κ2) is 11.7. The maximum Gasteiger partial charge on any atom is 0.295 e. The molecule has 0 fully saturated rings. The normalized spacial score (nSPS) is 15.1. The minimum atomic E-state index is -4.47. The van der Waals surface area contributed by atoms with Crippen molar-refractivity contribution in [2.75, 3.05) is 11.4 Å². The smallest absolute Gasteiger partial charge is 0.295 e. The van der Waals surface area contributed by atoms with Crippen molar-refractivity contribution in [1.29, 1.82) is 0 Å². The van der Waals surface area contributed by atoms with Crippen LogP contribution >= 0.6 is 0 Å². The molecule has 39 heavy (non-hydrogen) atoms. The van der Waals surface area contributed by atoms with Gasteiger partial charge in [-0.3, -0.25) is 9.11 Å². The molecule has 2 radical (unpaired) electrons.